The second-order valence-electron chi connectivity index (χ2n) is 8.99. The maximum atomic E-state index is 12.6. The number of hydrogen-bond donors (Lipinski definition) is 3. The van der Waals surface area contributed by atoms with Crippen LogP contribution < -0.4 is 11.1 Å². The molecule has 8 heteroatoms. The number of carboxylic acids is 1. The first kappa shape index (κ1) is 27.8. The molecule has 0 unspecified atom stereocenters. The highest BCUT2D eigenvalue weighted by atomic mass is 32.1. The Balaban J connectivity index is 1.51. The molecule has 0 aliphatic heterocycles. The zero-order valence-electron chi connectivity index (χ0n) is 20.8. The minimum absolute atomic E-state index is 0.00414. The van der Waals surface area contributed by atoms with Crippen molar-refractivity contribution in [3.05, 3.63) is 71.6 Å². The Morgan fingerprint density at radius 1 is 0.946 bits per heavy atom. The second-order valence-corrected chi connectivity index (χ2v) is 9.90. The number of carboxylic acid groups (broad SMARTS) is 1. The topological polar surface area (TPSA) is 127 Å². The third-order valence-corrected chi connectivity index (χ3v) is 7.25. The summed E-state index contributed by atoms with van der Waals surface area (Å²) in [6.07, 6.45) is 0.684. The molecular formula is C29H32N2O5S. The van der Waals surface area contributed by atoms with Crippen molar-refractivity contribution in [2.75, 3.05) is 0 Å². The molecule has 0 saturated heterocycles. The van der Waals surface area contributed by atoms with Crippen LogP contribution in [0.2, 0.25) is 0 Å². The van der Waals surface area contributed by atoms with Gasteiger partial charge in [0.1, 0.15) is 0 Å². The highest BCUT2D eigenvalue weighted by Crippen LogP contribution is 2.32. The van der Waals surface area contributed by atoms with Gasteiger partial charge < -0.3 is 16.2 Å². The predicted molar refractivity (Wildman–Crippen MR) is 145 cm³/mol. The van der Waals surface area contributed by atoms with Crippen LogP contribution in [0.25, 0.3) is 21.6 Å². The maximum Gasteiger partial charge on any atom is 0.303 e. The van der Waals surface area contributed by atoms with Gasteiger partial charge in [-0.3, -0.25) is 19.2 Å². The molecule has 1 aromatic heterocycles. The van der Waals surface area contributed by atoms with Crippen LogP contribution in [0.4, 0.5) is 0 Å². The van der Waals surface area contributed by atoms with Gasteiger partial charge in [0.25, 0.3) is 0 Å². The zero-order chi connectivity index (χ0) is 26.8. The smallest absolute Gasteiger partial charge is 0.303 e. The summed E-state index contributed by atoms with van der Waals surface area (Å²) in [6, 6.07) is 19.8. The number of rotatable bonds is 14. The molecule has 194 valence electrons. The highest BCUT2D eigenvalue weighted by molar-refractivity contribution is 7.14. The van der Waals surface area contributed by atoms with Crippen LogP contribution in [0.3, 0.4) is 0 Å². The fourth-order valence-electron chi connectivity index (χ4n) is 4.07. The molecule has 0 spiro atoms. The van der Waals surface area contributed by atoms with Crippen LogP contribution >= 0.6 is 11.3 Å². The Labute approximate surface area is 220 Å². The van der Waals surface area contributed by atoms with E-state index in [9.17, 15) is 19.2 Å². The molecule has 1 heterocycles. The summed E-state index contributed by atoms with van der Waals surface area (Å²) >= 11 is 1.69. The lowest BCUT2D eigenvalue weighted by Crippen LogP contribution is -2.42. The van der Waals surface area contributed by atoms with E-state index < -0.39 is 23.8 Å². The minimum atomic E-state index is -1.06. The monoisotopic (exact) mass is 520 g/mol. The van der Waals surface area contributed by atoms with E-state index in [-0.39, 0.29) is 37.4 Å². The minimum Gasteiger partial charge on any atom is -0.481 e. The van der Waals surface area contributed by atoms with Gasteiger partial charge in [-0.2, -0.15) is 0 Å². The van der Waals surface area contributed by atoms with Crippen molar-refractivity contribution in [1.82, 2.24) is 5.32 Å². The van der Waals surface area contributed by atoms with Crippen molar-refractivity contribution in [2.45, 2.75) is 51.5 Å². The molecule has 0 aliphatic rings. The fraction of sp³-hybridized carbons (Fsp3) is 0.310. The van der Waals surface area contributed by atoms with Crippen LogP contribution in [0.15, 0.2) is 66.0 Å². The number of nitrogens with two attached hydrogens (primary N) is 1. The molecule has 0 fully saturated rings. The van der Waals surface area contributed by atoms with Crippen molar-refractivity contribution in [1.29, 1.82) is 0 Å². The van der Waals surface area contributed by atoms with Crippen LogP contribution in [0.5, 0.6) is 0 Å². The van der Waals surface area contributed by atoms with Crippen LogP contribution in [-0.2, 0) is 25.6 Å². The average Bonchev–Trinajstić information content (AvgIpc) is 3.39. The molecular weight excluding hydrogens is 488 g/mol. The molecule has 0 saturated carbocycles. The molecule has 7 nitrogen and oxygen atoms in total. The van der Waals surface area contributed by atoms with Crippen molar-refractivity contribution in [2.24, 2.45) is 11.7 Å². The van der Waals surface area contributed by atoms with Crippen molar-refractivity contribution in [3.63, 3.8) is 0 Å². The number of aliphatic carboxylic acids is 1. The van der Waals surface area contributed by atoms with Gasteiger partial charge >= 0.3 is 5.97 Å². The molecule has 0 aliphatic carbocycles. The fourth-order valence-corrected chi connectivity index (χ4v) is 4.99. The van der Waals surface area contributed by atoms with Gasteiger partial charge in [0, 0.05) is 30.1 Å². The lowest BCUT2D eigenvalue weighted by Gasteiger charge is -2.19. The Bertz CT molecular complexity index is 1220. The summed E-state index contributed by atoms with van der Waals surface area (Å²) in [6.45, 7) is 1.77. The van der Waals surface area contributed by atoms with E-state index in [0.717, 1.165) is 11.1 Å². The van der Waals surface area contributed by atoms with E-state index >= 15 is 0 Å². The van der Waals surface area contributed by atoms with E-state index in [1.807, 2.05) is 42.5 Å². The first-order valence-electron chi connectivity index (χ1n) is 12.3. The number of nitrogens with one attached hydrogen (secondary N) is 1. The standard InChI is InChI=1S/C29H32N2O5S/c1-2-24(25(32)16-22(29(30)36)13-15-28(34)35)31-27(33)14-10-19-8-11-21(12-9-19)26-17-23(18-37-26)20-6-4-3-5-7-20/h3-9,11-12,17-18,22,24H,2,10,13-16H2,1H3,(H2,30,36)(H,31,33)(H,34,35)/t22-,24-/m1/s1. The molecule has 3 aromatic rings. The highest BCUT2D eigenvalue weighted by Gasteiger charge is 2.26. The maximum absolute atomic E-state index is 12.6. The van der Waals surface area contributed by atoms with Gasteiger partial charge in [0.2, 0.25) is 11.8 Å². The van der Waals surface area contributed by atoms with Crippen LogP contribution in [0.1, 0.15) is 44.6 Å². The van der Waals surface area contributed by atoms with Crippen molar-refractivity contribution in [3.8, 4) is 21.6 Å². The first-order chi connectivity index (χ1) is 17.8. The molecule has 3 rings (SSSR count). The molecule has 37 heavy (non-hydrogen) atoms. The van der Waals surface area contributed by atoms with E-state index in [4.69, 9.17) is 10.8 Å². The lowest BCUT2D eigenvalue weighted by molar-refractivity contribution is -0.138. The lowest BCUT2D eigenvalue weighted by atomic mass is 9.92. The number of hydrogen-bond acceptors (Lipinski definition) is 5. The number of carbonyl (C=O) groups excluding carboxylic acids is 3. The summed E-state index contributed by atoms with van der Waals surface area (Å²) in [7, 11) is 0. The second kappa shape index (κ2) is 13.5. The number of thiophene rings is 1. The number of Topliss-reactive ketones (excluding diaryl/α,β-unsaturated/α-hetero) is 1. The Hall–Kier alpha value is -3.78. The first-order valence-corrected chi connectivity index (χ1v) is 13.2. The van der Waals surface area contributed by atoms with Gasteiger partial charge in [-0.25, -0.2) is 0 Å². The Kier molecular flexibility index (Phi) is 10.1. The largest absolute Gasteiger partial charge is 0.481 e. The molecule has 2 amide bonds. The summed E-state index contributed by atoms with van der Waals surface area (Å²) in [4.78, 5) is 48.7. The van der Waals surface area contributed by atoms with Gasteiger partial charge in [0.15, 0.2) is 5.78 Å². The van der Waals surface area contributed by atoms with Gasteiger partial charge in [-0.1, -0.05) is 61.5 Å². The molecule has 0 bridgehead atoms. The van der Waals surface area contributed by atoms with E-state index in [1.165, 1.54) is 16.0 Å². The normalized spacial score (nSPS) is 12.5. The van der Waals surface area contributed by atoms with E-state index in [2.05, 4.69) is 28.9 Å². The number of amides is 2. The van der Waals surface area contributed by atoms with Gasteiger partial charge in [-0.05, 0) is 53.0 Å². The van der Waals surface area contributed by atoms with Crippen LogP contribution in [0, 0.1) is 5.92 Å². The summed E-state index contributed by atoms with van der Waals surface area (Å²) in [5.41, 5.74) is 9.83. The predicted octanol–water partition coefficient (Wildman–Crippen LogP) is 4.84. The summed E-state index contributed by atoms with van der Waals surface area (Å²) in [5, 5.41) is 13.7. The SMILES string of the molecule is CC[C@@H](NC(=O)CCc1ccc(-c2cc(-c3ccccc3)cs2)cc1)C(=O)C[C@@H](CCC(=O)O)C(N)=O. The van der Waals surface area contributed by atoms with Crippen molar-refractivity contribution < 1.29 is 24.3 Å². The van der Waals surface area contributed by atoms with Crippen LogP contribution in [-0.4, -0.2) is 34.7 Å². The van der Waals surface area contributed by atoms with Gasteiger partial charge in [0.05, 0.1) is 6.04 Å². The summed E-state index contributed by atoms with van der Waals surface area (Å²) < 4.78 is 0. The zero-order valence-corrected chi connectivity index (χ0v) is 21.6. The Morgan fingerprint density at radius 2 is 1.65 bits per heavy atom. The number of carbonyl (C=O) groups is 4. The molecule has 2 atom stereocenters. The van der Waals surface area contributed by atoms with E-state index in [0.29, 0.717) is 12.8 Å². The summed E-state index contributed by atoms with van der Waals surface area (Å²) in [5.74, 6) is -3.20. The van der Waals surface area contributed by atoms with E-state index in [1.54, 1.807) is 18.3 Å². The molecule has 0 radical (unpaired) electrons. The van der Waals surface area contributed by atoms with Gasteiger partial charge in [-0.15, -0.1) is 11.3 Å². The number of aryl methyl sites for hydroxylation is 1. The third-order valence-electron chi connectivity index (χ3n) is 6.27. The third kappa shape index (κ3) is 8.39. The molecule has 2 aromatic carbocycles. The average molecular weight is 521 g/mol. The quantitative estimate of drug-likeness (QED) is 0.280. The van der Waals surface area contributed by atoms with Crippen molar-refractivity contribution >= 4 is 34.9 Å². The molecule has 4 N–H and O–H groups in total. The number of benzene rings is 2. The number of ketones is 1. The Morgan fingerprint density at radius 3 is 2.27 bits per heavy atom. The number of primary amides is 1.